The number of aromatic nitrogens is 3. The van der Waals surface area contributed by atoms with Crippen molar-refractivity contribution >= 4 is 39.3 Å². The molecule has 0 fully saturated rings. The molecule has 3 aromatic rings. The predicted octanol–water partition coefficient (Wildman–Crippen LogP) is 3.12. The summed E-state index contributed by atoms with van der Waals surface area (Å²) >= 11 is 4.79. The van der Waals surface area contributed by atoms with Crippen LogP contribution in [0.4, 0.5) is 5.69 Å². The van der Waals surface area contributed by atoms with Crippen molar-refractivity contribution in [1.29, 1.82) is 0 Å². The van der Waals surface area contributed by atoms with E-state index in [1.54, 1.807) is 9.58 Å². The molecule has 0 bridgehead atoms. The van der Waals surface area contributed by atoms with Crippen LogP contribution in [0.15, 0.2) is 63.0 Å². The molecule has 1 aliphatic heterocycles. The maximum atomic E-state index is 12.9. The Morgan fingerprint density at radius 2 is 1.93 bits per heavy atom. The lowest BCUT2D eigenvalue weighted by Crippen LogP contribution is -2.60. The van der Waals surface area contributed by atoms with Crippen LogP contribution in [0.3, 0.4) is 0 Å². The van der Waals surface area contributed by atoms with Gasteiger partial charge in [-0.3, -0.25) is 14.6 Å². The zero-order chi connectivity index (χ0) is 19.1. The van der Waals surface area contributed by atoms with Crippen molar-refractivity contribution in [2.45, 2.75) is 18.2 Å². The van der Waals surface area contributed by atoms with E-state index in [0.29, 0.717) is 22.1 Å². The number of benzene rings is 2. The number of H-pyrrole nitrogens is 1. The minimum Gasteiger partial charge on any atom is -0.291 e. The average Bonchev–Trinajstić information content (AvgIpc) is 2.67. The summed E-state index contributed by atoms with van der Waals surface area (Å²) in [7, 11) is 0. The number of hydrogen-bond acceptors (Lipinski definition) is 4. The SMILES string of the molecule is CSc1n[n+]2c(c(=O)[nH]1)-c1ccccc1N(C(C)=O)[C@H]2c1ccc(Br)cc1. The van der Waals surface area contributed by atoms with E-state index in [0.717, 1.165) is 10.0 Å². The van der Waals surface area contributed by atoms with Gasteiger partial charge in [0.05, 0.1) is 11.3 Å². The number of thioether (sulfide) groups is 1. The molecule has 136 valence electrons. The Kier molecular flexibility index (Phi) is 4.61. The summed E-state index contributed by atoms with van der Waals surface area (Å²) in [6.45, 7) is 1.52. The Morgan fingerprint density at radius 3 is 2.59 bits per heavy atom. The van der Waals surface area contributed by atoms with Crippen LogP contribution < -0.4 is 15.1 Å². The van der Waals surface area contributed by atoms with Gasteiger partial charge in [0.25, 0.3) is 6.17 Å². The van der Waals surface area contributed by atoms with Gasteiger partial charge in [-0.25, -0.2) is 4.90 Å². The van der Waals surface area contributed by atoms with Crippen molar-refractivity contribution in [2.24, 2.45) is 0 Å². The summed E-state index contributed by atoms with van der Waals surface area (Å²) in [5.41, 5.74) is 2.45. The van der Waals surface area contributed by atoms with Crippen molar-refractivity contribution in [3.63, 3.8) is 0 Å². The number of rotatable bonds is 2. The molecule has 0 radical (unpaired) electrons. The van der Waals surface area contributed by atoms with E-state index >= 15 is 0 Å². The van der Waals surface area contributed by atoms with Crippen LogP contribution in [0.1, 0.15) is 18.7 Å². The molecule has 0 spiro atoms. The smallest absolute Gasteiger partial charge is 0.291 e. The number of halogens is 1. The first kappa shape index (κ1) is 17.9. The van der Waals surface area contributed by atoms with E-state index in [1.807, 2.05) is 54.8 Å². The first-order valence-corrected chi connectivity index (χ1v) is 10.3. The number of fused-ring (bicyclic) bond motifs is 3. The van der Waals surface area contributed by atoms with Crippen LogP contribution in [0, 0.1) is 0 Å². The summed E-state index contributed by atoms with van der Waals surface area (Å²) in [6.07, 6.45) is 1.30. The topological polar surface area (TPSA) is 69.9 Å². The molecule has 1 atom stereocenters. The van der Waals surface area contributed by atoms with Crippen molar-refractivity contribution in [3.05, 3.63) is 68.9 Å². The van der Waals surface area contributed by atoms with Gasteiger partial charge in [0, 0.05) is 22.1 Å². The molecule has 0 saturated heterocycles. The number of hydrogen-bond donors (Lipinski definition) is 1. The molecule has 4 rings (SSSR count). The number of nitrogens with zero attached hydrogens (tertiary/aromatic N) is 3. The van der Waals surface area contributed by atoms with Crippen molar-refractivity contribution in [1.82, 2.24) is 10.1 Å². The van der Waals surface area contributed by atoms with Crippen LogP contribution in [-0.2, 0) is 4.79 Å². The van der Waals surface area contributed by atoms with E-state index in [-0.39, 0.29) is 11.5 Å². The molecular weight excluding hydrogens is 428 g/mol. The Balaban J connectivity index is 2.08. The Labute approximate surface area is 168 Å². The molecule has 8 heteroatoms. The third-order valence-electron chi connectivity index (χ3n) is 4.46. The molecule has 1 aromatic heterocycles. The molecule has 1 amide bonds. The predicted molar refractivity (Wildman–Crippen MR) is 108 cm³/mol. The Morgan fingerprint density at radius 1 is 1.22 bits per heavy atom. The van der Waals surface area contributed by atoms with Crippen LogP contribution in [0.2, 0.25) is 0 Å². The minimum atomic E-state index is -0.548. The first-order valence-electron chi connectivity index (χ1n) is 8.26. The zero-order valence-corrected chi connectivity index (χ0v) is 17.0. The monoisotopic (exact) mass is 443 g/mol. The van der Waals surface area contributed by atoms with E-state index < -0.39 is 6.17 Å². The van der Waals surface area contributed by atoms with Gasteiger partial charge in [0.15, 0.2) is 0 Å². The molecule has 1 aliphatic rings. The number of carbonyl (C=O) groups excluding carboxylic acids is 1. The van der Waals surface area contributed by atoms with Gasteiger partial charge in [-0.2, -0.15) is 0 Å². The fraction of sp³-hybridized carbons (Fsp3) is 0.158. The lowest BCUT2D eigenvalue weighted by atomic mass is 10.0. The maximum absolute atomic E-state index is 12.9. The molecular formula is C19H16BrN4O2S+. The minimum absolute atomic E-state index is 0.124. The van der Waals surface area contributed by atoms with Crippen molar-refractivity contribution in [3.8, 4) is 11.3 Å². The largest absolute Gasteiger partial charge is 0.325 e. The highest BCUT2D eigenvalue weighted by molar-refractivity contribution is 9.10. The van der Waals surface area contributed by atoms with Gasteiger partial charge in [-0.15, -0.1) is 0 Å². The normalized spacial score (nSPS) is 15.2. The van der Waals surface area contributed by atoms with Gasteiger partial charge in [-0.1, -0.05) is 39.8 Å². The Bertz CT molecular complexity index is 1100. The third kappa shape index (κ3) is 2.98. The number of anilines is 1. The van der Waals surface area contributed by atoms with Gasteiger partial charge < -0.3 is 0 Å². The molecule has 2 heterocycles. The second-order valence-electron chi connectivity index (χ2n) is 6.09. The number of nitrogens with one attached hydrogen (secondary N) is 1. The average molecular weight is 444 g/mol. The van der Waals surface area contributed by atoms with E-state index in [1.165, 1.54) is 18.7 Å². The van der Waals surface area contributed by atoms with Crippen LogP contribution in [0.25, 0.3) is 11.3 Å². The van der Waals surface area contributed by atoms with E-state index in [4.69, 9.17) is 0 Å². The fourth-order valence-corrected chi connectivity index (χ4v) is 3.97. The number of carbonyl (C=O) groups is 1. The lowest BCUT2D eigenvalue weighted by Gasteiger charge is -2.31. The molecule has 2 aromatic carbocycles. The highest BCUT2D eigenvalue weighted by Gasteiger charge is 2.44. The van der Waals surface area contributed by atoms with Crippen molar-refractivity contribution < 1.29 is 9.48 Å². The van der Waals surface area contributed by atoms with Crippen LogP contribution >= 0.6 is 27.7 Å². The summed E-state index contributed by atoms with van der Waals surface area (Å²) in [4.78, 5) is 30.0. The summed E-state index contributed by atoms with van der Waals surface area (Å²) in [5, 5.41) is 5.12. The lowest BCUT2D eigenvalue weighted by molar-refractivity contribution is -0.763. The van der Waals surface area contributed by atoms with Gasteiger partial charge >= 0.3 is 11.3 Å². The molecule has 0 unspecified atom stereocenters. The number of amides is 1. The second-order valence-corrected chi connectivity index (χ2v) is 7.80. The molecule has 0 saturated carbocycles. The molecule has 1 N–H and O–H groups in total. The molecule has 27 heavy (non-hydrogen) atoms. The van der Waals surface area contributed by atoms with Gasteiger partial charge in [0.1, 0.15) is 0 Å². The summed E-state index contributed by atoms with van der Waals surface area (Å²) in [5.74, 6) is -0.124. The number of aromatic amines is 1. The van der Waals surface area contributed by atoms with Gasteiger partial charge in [0.2, 0.25) is 11.1 Å². The summed E-state index contributed by atoms with van der Waals surface area (Å²) < 4.78 is 2.59. The first-order chi connectivity index (χ1) is 13.0. The molecule has 6 nitrogen and oxygen atoms in total. The highest BCUT2D eigenvalue weighted by Crippen LogP contribution is 2.37. The molecule has 0 aliphatic carbocycles. The van der Waals surface area contributed by atoms with Gasteiger partial charge in [-0.05, 0) is 47.3 Å². The standard InChI is InChI=1S/C19H15BrN4O2S/c1-11(25)23-15-6-4-3-5-14(15)16-17(26)21-19(27-2)22-24(16)18(23)12-7-9-13(20)10-8-12/h3-10,18H,1-2H3/p+1/t18-/m1/s1. The summed E-state index contributed by atoms with van der Waals surface area (Å²) in [6, 6.07) is 15.1. The number of para-hydroxylation sites is 1. The highest BCUT2D eigenvalue weighted by atomic mass is 79.9. The van der Waals surface area contributed by atoms with Crippen LogP contribution in [0.5, 0.6) is 0 Å². The fourth-order valence-electron chi connectivity index (χ4n) is 3.34. The Hall–Kier alpha value is -2.45. The quantitative estimate of drug-likeness (QED) is 0.487. The van der Waals surface area contributed by atoms with E-state index in [2.05, 4.69) is 26.0 Å². The zero-order valence-electron chi connectivity index (χ0n) is 14.6. The third-order valence-corrected chi connectivity index (χ3v) is 5.56. The second kappa shape index (κ2) is 6.94. The van der Waals surface area contributed by atoms with Crippen LogP contribution in [-0.4, -0.2) is 22.2 Å². The van der Waals surface area contributed by atoms with E-state index in [9.17, 15) is 9.59 Å². The van der Waals surface area contributed by atoms with Crippen molar-refractivity contribution in [2.75, 3.05) is 11.2 Å². The maximum Gasteiger partial charge on any atom is 0.325 e.